The molecule has 0 saturated carbocycles. The predicted octanol–water partition coefficient (Wildman–Crippen LogP) is 22.4. The van der Waals surface area contributed by atoms with Gasteiger partial charge in [-0.2, -0.15) is 0 Å². The second-order valence-corrected chi connectivity index (χ2v) is 27.9. The van der Waals surface area contributed by atoms with Crippen LogP contribution in [0, 0.1) is 0 Å². The number of aliphatic hydroxyl groups is 5. The largest absolute Gasteiger partial charge is 0.394 e. The van der Waals surface area contributed by atoms with E-state index in [4.69, 9.17) is 9.47 Å². The zero-order chi connectivity index (χ0) is 63.5. The number of amides is 1. The molecule has 1 saturated heterocycles. The Bertz CT molecular complexity index is 1440. The Labute approximate surface area is 547 Å². The van der Waals surface area contributed by atoms with E-state index in [1.54, 1.807) is 0 Å². The predicted molar refractivity (Wildman–Crippen MR) is 378 cm³/mol. The smallest absolute Gasteiger partial charge is 0.220 e. The highest BCUT2D eigenvalue weighted by Gasteiger charge is 2.44. The van der Waals surface area contributed by atoms with Crippen molar-refractivity contribution in [1.29, 1.82) is 0 Å². The van der Waals surface area contributed by atoms with E-state index in [1.807, 2.05) is 0 Å². The average Bonchev–Trinajstić information content (AvgIpc) is 3.65. The molecule has 0 radical (unpaired) electrons. The molecule has 7 atom stereocenters. The van der Waals surface area contributed by atoms with Gasteiger partial charge in [-0.1, -0.05) is 391 Å². The summed E-state index contributed by atoms with van der Waals surface area (Å²) in [5, 5.41) is 55.1. The van der Waals surface area contributed by atoms with Gasteiger partial charge in [0.1, 0.15) is 24.4 Å². The topological polar surface area (TPSA) is 149 Å². The molecule has 88 heavy (non-hydrogen) atoms. The number of hydrogen-bond acceptors (Lipinski definition) is 8. The van der Waals surface area contributed by atoms with Gasteiger partial charge in [0, 0.05) is 6.42 Å². The van der Waals surface area contributed by atoms with Crippen molar-refractivity contribution in [1.82, 2.24) is 5.32 Å². The summed E-state index contributed by atoms with van der Waals surface area (Å²) >= 11 is 0. The Morgan fingerprint density at radius 1 is 0.386 bits per heavy atom. The molecule has 0 spiro atoms. The highest BCUT2D eigenvalue weighted by molar-refractivity contribution is 5.76. The lowest BCUT2D eigenvalue weighted by Gasteiger charge is -2.40. The number of aliphatic hydroxyl groups excluding tert-OH is 5. The number of unbranched alkanes of at least 4 members (excludes halogenated alkanes) is 57. The molecule has 0 aromatic carbocycles. The van der Waals surface area contributed by atoms with E-state index in [2.05, 4.69) is 43.5 Å². The Hall–Kier alpha value is -1.33. The highest BCUT2D eigenvalue weighted by atomic mass is 16.7. The van der Waals surface area contributed by atoms with Gasteiger partial charge >= 0.3 is 0 Å². The van der Waals surface area contributed by atoms with Gasteiger partial charge in [-0.05, 0) is 44.9 Å². The maximum absolute atomic E-state index is 13.2. The first kappa shape index (κ1) is 84.7. The molecule has 1 aliphatic rings. The van der Waals surface area contributed by atoms with Crippen LogP contribution in [0.15, 0.2) is 24.3 Å². The fourth-order valence-corrected chi connectivity index (χ4v) is 13.1. The summed E-state index contributed by atoms with van der Waals surface area (Å²) in [7, 11) is 0. The van der Waals surface area contributed by atoms with E-state index < -0.39 is 49.5 Å². The summed E-state index contributed by atoms with van der Waals surface area (Å²) in [5.41, 5.74) is 0. The van der Waals surface area contributed by atoms with Crippen molar-refractivity contribution in [2.45, 2.75) is 461 Å². The number of carbonyl (C=O) groups excluding carboxylic acids is 1. The summed E-state index contributed by atoms with van der Waals surface area (Å²) < 4.78 is 11.4. The van der Waals surface area contributed by atoms with Gasteiger partial charge in [0.2, 0.25) is 5.91 Å². The minimum atomic E-state index is -1.55. The number of ether oxygens (including phenoxy) is 2. The fraction of sp³-hybridized carbons (Fsp3) is 0.937. The van der Waals surface area contributed by atoms with Gasteiger partial charge < -0.3 is 40.3 Å². The van der Waals surface area contributed by atoms with Gasteiger partial charge in [0.25, 0.3) is 0 Å². The lowest BCUT2D eigenvalue weighted by atomic mass is 9.99. The molecule has 0 aromatic rings. The van der Waals surface area contributed by atoms with Gasteiger partial charge in [0.05, 0.1) is 25.4 Å². The third-order valence-corrected chi connectivity index (χ3v) is 19.3. The number of nitrogens with one attached hydrogen (secondary N) is 1. The molecule has 9 nitrogen and oxygen atoms in total. The van der Waals surface area contributed by atoms with Crippen molar-refractivity contribution >= 4 is 5.91 Å². The van der Waals surface area contributed by atoms with Crippen LogP contribution in [0.5, 0.6) is 0 Å². The molecule has 7 unspecified atom stereocenters. The number of allylic oxidation sites excluding steroid dienone is 4. The Morgan fingerprint density at radius 3 is 0.977 bits per heavy atom. The second kappa shape index (κ2) is 68.5. The van der Waals surface area contributed by atoms with E-state index in [-0.39, 0.29) is 12.5 Å². The van der Waals surface area contributed by atoms with Gasteiger partial charge in [0.15, 0.2) is 6.29 Å². The summed E-state index contributed by atoms with van der Waals surface area (Å²) in [6.07, 6.45) is 84.3. The molecule has 1 fully saturated rings. The fourth-order valence-electron chi connectivity index (χ4n) is 13.1. The second-order valence-electron chi connectivity index (χ2n) is 27.9. The Morgan fingerprint density at radius 2 is 0.670 bits per heavy atom. The SMILES string of the molecule is CCCCCCC/C=C\C/C=C\CCCCCCCCCCCCCCCCCCCCCCCC(=O)NC(COC1OC(CO)C(O)C(O)C1O)C(O)CCCCCCCCCCCCCCCCCCCCCCCCCCCCCCCCCC. The van der Waals surface area contributed by atoms with E-state index in [9.17, 15) is 30.3 Å². The van der Waals surface area contributed by atoms with Gasteiger partial charge in [-0.25, -0.2) is 0 Å². The molecule has 9 heteroatoms. The Balaban J connectivity index is 2.05. The van der Waals surface area contributed by atoms with Crippen LogP contribution >= 0.6 is 0 Å². The first-order valence-corrected chi connectivity index (χ1v) is 39.5. The molecule has 0 aromatic heterocycles. The van der Waals surface area contributed by atoms with Crippen LogP contribution in [0.3, 0.4) is 0 Å². The van der Waals surface area contributed by atoms with Crippen LogP contribution < -0.4 is 5.32 Å². The third kappa shape index (κ3) is 56.2. The normalized spacial score (nSPS) is 17.9. The third-order valence-electron chi connectivity index (χ3n) is 19.3. The van der Waals surface area contributed by atoms with Crippen LogP contribution in [0.25, 0.3) is 0 Å². The first-order chi connectivity index (χ1) is 43.3. The summed E-state index contributed by atoms with van der Waals surface area (Å²) in [6, 6.07) is -0.719. The molecule has 1 heterocycles. The van der Waals surface area contributed by atoms with Gasteiger partial charge in [-0.15, -0.1) is 0 Å². The van der Waals surface area contributed by atoms with Crippen molar-refractivity contribution < 1.29 is 39.8 Å². The lowest BCUT2D eigenvalue weighted by Crippen LogP contribution is -2.60. The summed E-state index contributed by atoms with van der Waals surface area (Å²) in [6.45, 7) is 3.90. The van der Waals surface area contributed by atoms with Crippen molar-refractivity contribution in [3.05, 3.63) is 24.3 Å². The van der Waals surface area contributed by atoms with E-state index >= 15 is 0 Å². The van der Waals surface area contributed by atoms with Gasteiger partial charge in [-0.3, -0.25) is 4.79 Å². The molecule has 1 aliphatic heterocycles. The highest BCUT2D eigenvalue weighted by Crippen LogP contribution is 2.24. The molecule has 0 aliphatic carbocycles. The number of carbonyl (C=O) groups is 1. The zero-order valence-corrected chi connectivity index (χ0v) is 58.8. The standard InChI is InChI=1S/C79H153NO8/c1-3-5-7-9-11-13-15-17-19-21-23-25-27-29-31-33-35-37-39-41-43-45-47-49-51-53-55-57-59-61-63-65-67-69-75(83)80-72(71-87-79-78(86)77(85)76(84)74(70-81)88-79)73(82)68-66-64-62-60-58-56-54-52-50-48-46-44-42-40-38-36-34-32-30-28-26-24-22-20-18-16-14-12-10-8-6-4-2/h15,17,21,23,72-74,76-79,81-82,84-86H,3-14,16,18-20,22,24-71H2,1-2H3,(H,80,83)/b17-15-,23-21-. The van der Waals surface area contributed by atoms with E-state index in [0.717, 1.165) is 44.9 Å². The van der Waals surface area contributed by atoms with E-state index in [0.29, 0.717) is 12.8 Å². The Kier molecular flexibility index (Phi) is 65.9. The average molecular weight is 1250 g/mol. The van der Waals surface area contributed by atoms with Crippen molar-refractivity contribution in [3.8, 4) is 0 Å². The minimum absolute atomic E-state index is 0.132. The van der Waals surface area contributed by atoms with Crippen LogP contribution in [-0.4, -0.2) is 87.5 Å². The van der Waals surface area contributed by atoms with Crippen molar-refractivity contribution in [2.75, 3.05) is 13.2 Å². The molecule has 0 bridgehead atoms. The molecular weight excluding hydrogens is 1090 g/mol. The summed E-state index contributed by atoms with van der Waals surface area (Å²) in [5.74, 6) is -0.134. The minimum Gasteiger partial charge on any atom is -0.394 e. The number of hydrogen-bond donors (Lipinski definition) is 6. The molecular formula is C79H153NO8. The number of rotatable bonds is 71. The van der Waals surface area contributed by atoms with Crippen LogP contribution in [0.4, 0.5) is 0 Å². The van der Waals surface area contributed by atoms with E-state index in [1.165, 1.54) is 347 Å². The molecule has 6 N–H and O–H groups in total. The lowest BCUT2D eigenvalue weighted by molar-refractivity contribution is -0.302. The maximum atomic E-state index is 13.2. The van der Waals surface area contributed by atoms with Crippen LogP contribution in [0.2, 0.25) is 0 Å². The summed E-state index contributed by atoms with van der Waals surface area (Å²) in [4.78, 5) is 13.2. The van der Waals surface area contributed by atoms with Crippen LogP contribution in [0.1, 0.15) is 418 Å². The quantitative estimate of drug-likeness (QED) is 0.0261. The zero-order valence-electron chi connectivity index (χ0n) is 58.8. The first-order valence-electron chi connectivity index (χ1n) is 39.5. The van der Waals surface area contributed by atoms with Crippen molar-refractivity contribution in [2.24, 2.45) is 0 Å². The molecule has 522 valence electrons. The van der Waals surface area contributed by atoms with Crippen molar-refractivity contribution in [3.63, 3.8) is 0 Å². The molecule has 1 rings (SSSR count). The molecule has 1 amide bonds. The van der Waals surface area contributed by atoms with Crippen LogP contribution in [-0.2, 0) is 14.3 Å². The monoisotopic (exact) mass is 1240 g/mol. The maximum Gasteiger partial charge on any atom is 0.220 e.